The van der Waals surface area contributed by atoms with Crippen molar-refractivity contribution in [2.24, 2.45) is 5.10 Å². The first-order valence-electron chi connectivity index (χ1n) is 7.03. The van der Waals surface area contributed by atoms with Crippen LogP contribution in [0.4, 0.5) is 5.82 Å². The fraction of sp³-hybridized carbons (Fsp3) is 0.118. The van der Waals surface area contributed by atoms with Gasteiger partial charge in [-0.15, -0.1) is 5.10 Å². The summed E-state index contributed by atoms with van der Waals surface area (Å²) in [6.07, 6.45) is 3.39. The Morgan fingerprint density at radius 1 is 1.04 bits per heavy atom. The lowest BCUT2D eigenvalue weighted by Gasteiger charge is -2.06. The average Bonchev–Trinajstić information content (AvgIpc) is 2.61. The molecule has 0 atom stereocenters. The van der Waals surface area contributed by atoms with Crippen molar-refractivity contribution in [3.8, 4) is 11.5 Å². The maximum atomic E-state index is 5.24. The Morgan fingerprint density at radius 3 is 2.52 bits per heavy atom. The van der Waals surface area contributed by atoms with Crippen LogP contribution >= 0.6 is 0 Å². The van der Waals surface area contributed by atoms with E-state index in [0.29, 0.717) is 17.3 Å². The second-order valence-corrected chi connectivity index (χ2v) is 4.80. The molecule has 0 radical (unpaired) electrons. The molecule has 1 aromatic heterocycles. The number of fused-ring (bicyclic) bond motifs is 1. The minimum Gasteiger partial charge on any atom is -0.497 e. The van der Waals surface area contributed by atoms with Crippen molar-refractivity contribution in [1.29, 1.82) is 0 Å². The SMILES string of the molecule is COc1cc(C=NNc2nncc3ccccc23)cc(OC)c1. The molecule has 116 valence electrons. The normalized spacial score (nSPS) is 10.9. The molecular weight excluding hydrogens is 292 g/mol. The summed E-state index contributed by atoms with van der Waals surface area (Å²) in [6, 6.07) is 13.4. The van der Waals surface area contributed by atoms with Crippen molar-refractivity contribution in [3.05, 3.63) is 54.2 Å². The van der Waals surface area contributed by atoms with E-state index >= 15 is 0 Å². The van der Waals surface area contributed by atoms with E-state index in [2.05, 4.69) is 20.7 Å². The molecule has 0 aliphatic heterocycles. The Balaban J connectivity index is 1.83. The largest absolute Gasteiger partial charge is 0.497 e. The summed E-state index contributed by atoms with van der Waals surface area (Å²) in [6.45, 7) is 0. The molecule has 3 aromatic rings. The highest BCUT2D eigenvalue weighted by Crippen LogP contribution is 2.22. The summed E-state index contributed by atoms with van der Waals surface area (Å²) in [5.74, 6) is 2.01. The highest BCUT2D eigenvalue weighted by Gasteiger charge is 2.02. The summed E-state index contributed by atoms with van der Waals surface area (Å²) >= 11 is 0. The first-order valence-corrected chi connectivity index (χ1v) is 7.03. The molecule has 0 aliphatic carbocycles. The van der Waals surface area contributed by atoms with Crippen LogP contribution in [-0.2, 0) is 0 Å². The monoisotopic (exact) mass is 308 g/mol. The lowest BCUT2D eigenvalue weighted by Crippen LogP contribution is -1.97. The minimum absolute atomic E-state index is 0.606. The molecule has 0 unspecified atom stereocenters. The molecule has 0 aliphatic rings. The van der Waals surface area contributed by atoms with Gasteiger partial charge >= 0.3 is 0 Å². The zero-order valence-corrected chi connectivity index (χ0v) is 12.9. The fourth-order valence-electron chi connectivity index (χ4n) is 2.18. The van der Waals surface area contributed by atoms with Gasteiger partial charge in [0, 0.05) is 22.4 Å². The lowest BCUT2D eigenvalue weighted by atomic mass is 10.2. The Labute approximate surface area is 133 Å². The van der Waals surface area contributed by atoms with Gasteiger partial charge in [0.25, 0.3) is 0 Å². The number of rotatable bonds is 5. The third-order valence-electron chi connectivity index (χ3n) is 3.33. The molecular formula is C17H16N4O2. The van der Waals surface area contributed by atoms with Crippen LogP contribution in [0.15, 0.2) is 53.8 Å². The highest BCUT2D eigenvalue weighted by molar-refractivity contribution is 5.91. The smallest absolute Gasteiger partial charge is 0.176 e. The van der Waals surface area contributed by atoms with Gasteiger partial charge in [-0.1, -0.05) is 24.3 Å². The van der Waals surface area contributed by atoms with Crippen molar-refractivity contribution in [2.45, 2.75) is 0 Å². The van der Waals surface area contributed by atoms with Crippen molar-refractivity contribution in [2.75, 3.05) is 19.6 Å². The van der Waals surface area contributed by atoms with Gasteiger partial charge in [-0.2, -0.15) is 10.2 Å². The van der Waals surface area contributed by atoms with E-state index in [9.17, 15) is 0 Å². The van der Waals surface area contributed by atoms with E-state index in [1.807, 2.05) is 36.4 Å². The van der Waals surface area contributed by atoms with Gasteiger partial charge in [0.15, 0.2) is 5.82 Å². The first-order chi connectivity index (χ1) is 11.3. The van der Waals surface area contributed by atoms with Crippen LogP contribution in [0.25, 0.3) is 10.8 Å². The van der Waals surface area contributed by atoms with Crippen LogP contribution in [0.1, 0.15) is 5.56 Å². The predicted octanol–water partition coefficient (Wildman–Crippen LogP) is 3.09. The zero-order chi connectivity index (χ0) is 16.1. The van der Waals surface area contributed by atoms with E-state index < -0.39 is 0 Å². The number of nitrogens with zero attached hydrogens (tertiary/aromatic N) is 3. The van der Waals surface area contributed by atoms with Crippen molar-refractivity contribution < 1.29 is 9.47 Å². The summed E-state index contributed by atoms with van der Waals surface area (Å²) < 4.78 is 10.5. The third-order valence-corrected chi connectivity index (χ3v) is 3.33. The number of hydrogen-bond acceptors (Lipinski definition) is 6. The molecule has 6 heteroatoms. The Hall–Kier alpha value is -3.15. The minimum atomic E-state index is 0.606. The molecule has 6 nitrogen and oxygen atoms in total. The Morgan fingerprint density at radius 2 is 1.78 bits per heavy atom. The van der Waals surface area contributed by atoms with Crippen LogP contribution < -0.4 is 14.9 Å². The van der Waals surface area contributed by atoms with Crippen molar-refractivity contribution in [3.63, 3.8) is 0 Å². The number of aromatic nitrogens is 2. The van der Waals surface area contributed by atoms with Crippen LogP contribution in [0.5, 0.6) is 11.5 Å². The number of methoxy groups -OCH3 is 2. The average molecular weight is 308 g/mol. The van der Waals surface area contributed by atoms with Crippen molar-refractivity contribution in [1.82, 2.24) is 10.2 Å². The van der Waals surface area contributed by atoms with Crippen LogP contribution in [-0.4, -0.2) is 30.6 Å². The van der Waals surface area contributed by atoms with Gasteiger partial charge < -0.3 is 9.47 Å². The number of benzene rings is 2. The molecule has 2 aromatic carbocycles. The summed E-state index contributed by atoms with van der Waals surface area (Å²) in [4.78, 5) is 0. The molecule has 3 rings (SSSR count). The summed E-state index contributed by atoms with van der Waals surface area (Å²) in [5.41, 5.74) is 3.77. The number of hydrazone groups is 1. The van der Waals surface area contributed by atoms with Gasteiger partial charge in [0.2, 0.25) is 0 Å². The quantitative estimate of drug-likeness (QED) is 0.579. The summed E-state index contributed by atoms with van der Waals surface area (Å²) in [7, 11) is 3.22. The van der Waals surface area contributed by atoms with Gasteiger partial charge in [0.1, 0.15) is 11.5 Å². The maximum absolute atomic E-state index is 5.24. The van der Waals surface area contributed by atoms with Gasteiger partial charge in [-0.25, -0.2) is 0 Å². The molecule has 0 saturated carbocycles. The summed E-state index contributed by atoms with van der Waals surface area (Å²) in [5, 5.41) is 14.2. The molecule has 23 heavy (non-hydrogen) atoms. The standard InChI is InChI=1S/C17H16N4O2/c1-22-14-7-12(8-15(9-14)23-2)10-18-20-17-16-6-4-3-5-13(16)11-19-21-17/h3-11H,1-2H3,(H,20,21). The predicted molar refractivity (Wildman–Crippen MR) is 90.3 cm³/mol. The second-order valence-electron chi connectivity index (χ2n) is 4.80. The van der Waals surface area contributed by atoms with E-state index in [0.717, 1.165) is 16.3 Å². The third kappa shape index (κ3) is 3.37. The maximum Gasteiger partial charge on any atom is 0.176 e. The van der Waals surface area contributed by atoms with Gasteiger partial charge in [0.05, 0.1) is 26.6 Å². The van der Waals surface area contributed by atoms with E-state index in [-0.39, 0.29) is 0 Å². The molecule has 1 N–H and O–H groups in total. The Kier molecular flexibility index (Phi) is 4.33. The van der Waals surface area contributed by atoms with Crippen LogP contribution in [0.3, 0.4) is 0 Å². The van der Waals surface area contributed by atoms with E-state index in [1.165, 1.54) is 0 Å². The van der Waals surface area contributed by atoms with Gasteiger partial charge in [-0.3, -0.25) is 5.43 Å². The molecule has 0 fully saturated rings. The fourth-order valence-corrected chi connectivity index (χ4v) is 2.18. The van der Waals surface area contributed by atoms with E-state index in [4.69, 9.17) is 9.47 Å². The van der Waals surface area contributed by atoms with E-state index in [1.54, 1.807) is 32.7 Å². The number of hydrogen-bond donors (Lipinski definition) is 1. The molecule has 0 saturated heterocycles. The first kappa shape index (κ1) is 14.8. The molecule has 1 heterocycles. The second kappa shape index (κ2) is 6.74. The van der Waals surface area contributed by atoms with Crippen LogP contribution in [0, 0.1) is 0 Å². The zero-order valence-electron chi connectivity index (χ0n) is 12.9. The molecule has 0 amide bonds. The number of ether oxygens (including phenoxy) is 2. The topological polar surface area (TPSA) is 68.6 Å². The van der Waals surface area contributed by atoms with Gasteiger partial charge in [-0.05, 0) is 12.1 Å². The lowest BCUT2D eigenvalue weighted by molar-refractivity contribution is 0.394. The highest BCUT2D eigenvalue weighted by atomic mass is 16.5. The number of nitrogens with one attached hydrogen (secondary N) is 1. The molecule has 0 spiro atoms. The van der Waals surface area contributed by atoms with Crippen molar-refractivity contribution >= 4 is 22.8 Å². The van der Waals surface area contributed by atoms with Crippen LogP contribution in [0.2, 0.25) is 0 Å². The number of anilines is 1. The Bertz CT molecular complexity index is 821. The molecule has 0 bridgehead atoms.